The van der Waals surface area contributed by atoms with Crippen molar-refractivity contribution in [1.29, 1.82) is 0 Å². The van der Waals surface area contributed by atoms with Gasteiger partial charge in [-0.15, -0.1) is 0 Å². The van der Waals surface area contributed by atoms with Gasteiger partial charge < -0.3 is 4.74 Å². The summed E-state index contributed by atoms with van der Waals surface area (Å²) >= 11 is 0. The Balaban J connectivity index is 2.56. The summed E-state index contributed by atoms with van der Waals surface area (Å²) in [5, 5.41) is 0. The minimum Gasteiger partial charge on any atom is -0.502 e. The maximum Gasteiger partial charge on any atom is 0.146 e. The van der Waals surface area contributed by atoms with E-state index in [0.29, 0.717) is 25.9 Å². The van der Waals surface area contributed by atoms with Crippen molar-refractivity contribution in [2.45, 2.75) is 33.1 Å². The SMILES string of the molecule is CCO/C=C/CC1(C)C(=O)CCC1=O. The molecule has 0 aromatic heterocycles. The molecule has 78 valence electrons. The van der Waals surface area contributed by atoms with Gasteiger partial charge in [-0.1, -0.05) is 0 Å². The number of Topliss-reactive ketones (excluding diaryl/α,β-unsaturated/α-hetero) is 2. The Morgan fingerprint density at radius 1 is 1.36 bits per heavy atom. The second kappa shape index (κ2) is 4.40. The fourth-order valence-electron chi connectivity index (χ4n) is 1.61. The third-order valence-electron chi connectivity index (χ3n) is 2.70. The van der Waals surface area contributed by atoms with Gasteiger partial charge in [-0.05, 0) is 26.3 Å². The van der Waals surface area contributed by atoms with E-state index in [-0.39, 0.29) is 11.6 Å². The minimum atomic E-state index is -0.784. The number of hydrogen-bond acceptors (Lipinski definition) is 3. The summed E-state index contributed by atoms with van der Waals surface area (Å²) in [7, 11) is 0. The fraction of sp³-hybridized carbons (Fsp3) is 0.636. The van der Waals surface area contributed by atoms with Crippen LogP contribution in [0.15, 0.2) is 12.3 Å². The number of allylic oxidation sites excluding steroid dienone is 1. The van der Waals surface area contributed by atoms with Crippen molar-refractivity contribution in [2.75, 3.05) is 6.61 Å². The molecule has 0 atom stereocenters. The van der Waals surface area contributed by atoms with Crippen molar-refractivity contribution in [3.63, 3.8) is 0 Å². The molecular weight excluding hydrogens is 180 g/mol. The molecule has 0 bridgehead atoms. The lowest BCUT2D eigenvalue weighted by Gasteiger charge is -2.17. The lowest BCUT2D eigenvalue weighted by atomic mass is 9.83. The van der Waals surface area contributed by atoms with Crippen molar-refractivity contribution >= 4 is 11.6 Å². The van der Waals surface area contributed by atoms with Crippen LogP contribution in [0.4, 0.5) is 0 Å². The lowest BCUT2D eigenvalue weighted by Crippen LogP contribution is -2.28. The largest absolute Gasteiger partial charge is 0.502 e. The first kappa shape index (κ1) is 11.0. The van der Waals surface area contributed by atoms with E-state index >= 15 is 0 Å². The monoisotopic (exact) mass is 196 g/mol. The first-order chi connectivity index (χ1) is 6.61. The highest BCUT2D eigenvalue weighted by molar-refractivity contribution is 6.12. The number of hydrogen-bond donors (Lipinski definition) is 0. The zero-order valence-electron chi connectivity index (χ0n) is 8.71. The molecule has 3 nitrogen and oxygen atoms in total. The molecule has 1 rings (SSSR count). The Kier molecular flexibility index (Phi) is 3.44. The first-order valence-electron chi connectivity index (χ1n) is 4.94. The highest BCUT2D eigenvalue weighted by Gasteiger charge is 2.43. The average Bonchev–Trinajstić information content (AvgIpc) is 2.42. The van der Waals surface area contributed by atoms with Crippen LogP contribution in [0.3, 0.4) is 0 Å². The van der Waals surface area contributed by atoms with E-state index in [0.717, 1.165) is 0 Å². The average molecular weight is 196 g/mol. The summed E-state index contributed by atoms with van der Waals surface area (Å²) in [5.41, 5.74) is -0.784. The summed E-state index contributed by atoms with van der Waals surface area (Å²) < 4.78 is 5.01. The predicted octanol–water partition coefficient (Wildman–Crippen LogP) is 1.86. The molecule has 0 amide bonds. The maximum atomic E-state index is 11.5. The molecule has 0 N–H and O–H groups in total. The molecule has 0 saturated heterocycles. The normalized spacial score (nSPS) is 20.7. The molecule has 0 heterocycles. The van der Waals surface area contributed by atoms with E-state index in [9.17, 15) is 9.59 Å². The molecule has 0 radical (unpaired) electrons. The zero-order chi connectivity index (χ0) is 10.6. The van der Waals surface area contributed by atoms with Crippen LogP contribution in [-0.2, 0) is 14.3 Å². The molecule has 3 heteroatoms. The van der Waals surface area contributed by atoms with Gasteiger partial charge in [0, 0.05) is 12.8 Å². The highest BCUT2D eigenvalue weighted by atomic mass is 16.5. The van der Waals surface area contributed by atoms with Gasteiger partial charge >= 0.3 is 0 Å². The highest BCUT2D eigenvalue weighted by Crippen LogP contribution is 2.34. The number of ether oxygens (including phenoxy) is 1. The molecular formula is C11H16O3. The zero-order valence-corrected chi connectivity index (χ0v) is 8.71. The van der Waals surface area contributed by atoms with E-state index in [1.165, 1.54) is 0 Å². The Hall–Kier alpha value is -1.12. The second-order valence-corrected chi connectivity index (χ2v) is 3.71. The van der Waals surface area contributed by atoms with Crippen LogP contribution in [0.5, 0.6) is 0 Å². The van der Waals surface area contributed by atoms with Crippen molar-refractivity contribution in [3.8, 4) is 0 Å². The number of ketones is 2. The van der Waals surface area contributed by atoms with Crippen LogP contribution in [0.25, 0.3) is 0 Å². The molecule has 0 unspecified atom stereocenters. The Morgan fingerprint density at radius 3 is 2.43 bits per heavy atom. The molecule has 14 heavy (non-hydrogen) atoms. The van der Waals surface area contributed by atoms with E-state index in [4.69, 9.17) is 4.74 Å². The van der Waals surface area contributed by atoms with Crippen molar-refractivity contribution in [1.82, 2.24) is 0 Å². The van der Waals surface area contributed by atoms with Crippen LogP contribution in [0, 0.1) is 5.41 Å². The molecule has 0 spiro atoms. The van der Waals surface area contributed by atoms with Gasteiger partial charge in [0.05, 0.1) is 18.3 Å². The molecule has 1 saturated carbocycles. The Bertz CT molecular complexity index is 250. The molecule has 0 aromatic rings. The van der Waals surface area contributed by atoms with Crippen LogP contribution in [0.1, 0.15) is 33.1 Å². The molecule has 1 fully saturated rings. The fourth-order valence-corrected chi connectivity index (χ4v) is 1.61. The van der Waals surface area contributed by atoms with Gasteiger partial charge in [0.25, 0.3) is 0 Å². The molecule has 1 aliphatic rings. The summed E-state index contributed by atoms with van der Waals surface area (Å²) in [6.45, 7) is 4.22. The van der Waals surface area contributed by atoms with Gasteiger partial charge in [0.15, 0.2) is 0 Å². The topological polar surface area (TPSA) is 43.4 Å². The van der Waals surface area contributed by atoms with Crippen molar-refractivity contribution in [2.24, 2.45) is 5.41 Å². The van der Waals surface area contributed by atoms with E-state index in [2.05, 4.69) is 0 Å². The number of rotatable bonds is 4. The summed E-state index contributed by atoms with van der Waals surface area (Å²) in [4.78, 5) is 22.9. The molecule has 0 aliphatic heterocycles. The predicted molar refractivity (Wildman–Crippen MR) is 52.7 cm³/mol. The van der Waals surface area contributed by atoms with E-state index < -0.39 is 5.41 Å². The summed E-state index contributed by atoms with van der Waals surface area (Å²) in [6, 6.07) is 0. The quantitative estimate of drug-likeness (QED) is 0.509. The smallest absolute Gasteiger partial charge is 0.146 e. The van der Waals surface area contributed by atoms with Crippen molar-refractivity contribution < 1.29 is 14.3 Å². The number of carbonyl (C=O) groups is 2. The van der Waals surface area contributed by atoms with Gasteiger partial charge in [-0.25, -0.2) is 0 Å². The van der Waals surface area contributed by atoms with Crippen molar-refractivity contribution in [3.05, 3.63) is 12.3 Å². The minimum absolute atomic E-state index is 0.0589. The maximum absolute atomic E-state index is 11.5. The Labute approximate surface area is 84.1 Å². The lowest BCUT2D eigenvalue weighted by molar-refractivity contribution is -0.133. The van der Waals surface area contributed by atoms with Gasteiger partial charge in [0.2, 0.25) is 0 Å². The Morgan fingerprint density at radius 2 is 1.93 bits per heavy atom. The summed E-state index contributed by atoms with van der Waals surface area (Å²) in [6.07, 6.45) is 4.58. The molecule has 1 aliphatic carbocycles. The van der Waals surface area contributed by atoms with Crippen LogP contribution in [0.2, 0.25) is 0 Å². The van der Waals surface area contributed by atoms with Gasteiger partial charge in [-0.3, -0.25) is 9.59 Å². The third-order valence-corrected chi connectivity index (χ3v) is 2.70. The second-order valence-electron chi connectivity index (χ2n) is 3.71. The number of carbonyl (C=O) groups excluding carboxylic acids is 2. The van der Waals surface area contributed by atoms with E-state index in [1.807, 2.05) is 6.92 Å². The first-order valence-corrected chi connectivity index (χ1v) is 4.94. The van der Waals surface area contributed by atoms with Crippen LogP contribution >= 0.6 is 0 Å². The van der Waals surface area contributed by atoms with Gasteiger partial charge in [0.1, 0.15) is 11.6 Å². The molecule has 0 aromatic carbocycles. The third kappa shape index (κ3) is 2.03. The van der Waals surface area contributed by atoms with E-state index in [1.54, 1.807) is 19.3 Å². The standard InChI is InChI=1S/C11H16O3/c1-3-14-8-4-7-11(2)9(12)5-6-10(11)13/h4,8H,3,5-7H2,1-2H3/b8-4+. The van der Waals surface area contributed by atoms with Crippen LogP contribution < -0.4 is 0 Å². The van der Waals surface area contributed by atoms with Gasteiger partial charge in [-0.2, -0.15) is 0 Å². The summed E-state index contributed by atoms with van der Waals surface area (Å²) in [5.74, 6) is 0.118. The van der Waals surface area contributed by atoms with Crippen LogP contribution in [-0.4, -0.2) is 18.2 Å².